The second kappa shape index (κ2) is 6.44. The minimum absolute atomic E-state index is 0.0146. The lowest BCUT2D eigenvalue weighted by Crippen LogP contribution is -2.35. The summed E-state index contributed by atoms with van der Waals surface area (Å²) in [5.41, 5.74) is -0.871. The summed E-state index contributed by atoms with van der Waals surface area (Å²) in [5, 5.41) is 14.4. The molecule has 8 nitrogen and oxygen atoms in total. The van der Waals surface area contributed by atoms with Crippen LogP contribution in [-0.4, -0.2) is 33.6 Å². The smallest absolute Gasteiger partial charge is 0.376 e. The molecule has 3 heterocycles. The van der Waals surface area contributed by atoms with Gasteiger partial charge in [-0.3, -0.25) is 19.3 Å². The molecule has 0 amide bonds. The number of rotatable bonds is 4. The Kier molecular flexibility index (Phi) is 4.47. The zero-order valence-corrected chi connectivity index (χ0v) is 14.6. The average molecular weight is 346 g/mol. The van der Waals surface area contributed by atoms with E-state index < -0.39 is 16.2 Å². The van der Waals surface area contributed by atoms with E-state index in [0.29, 0.717) is 18.8 Å². The van der Waals surface area contributed by atoms with Gasteiger partial charge in [-0.2, -0.15) is 0 Å². The van der Waals surface area contributed by atoms with Gasteiger partial charge in [-0.15, -0.1) is 0 Å². The van der Waals surface area contributed by atoms with E-state index in [1.165, 1.54) is 10.6 Å². The summed E-state index contributed by atoms with van der Waals surface area (Å²) in [4.78, 5) is 27.4. The van der Waals surface area contributed by atoms with E-state index >= 15 is 0 Å². The Labute approximate surface area is 145 Å². The maximum atomic E-state index is 12.4. The molecular weight excluding hydrogens is 324 g/mol. The monoisotopic (exact) mass is 346 g/mol. The van der Waals surface area contributed by atoms with Crippen LogP contribution in [0.2, 0.25) is 0 Å². The summed E-state index contributed by atoms with van der Waals surface area (Å²) in [6, 6.07) is 5.02. The summed E-state index contributed by atoms with van der Waals surface area (Å²) in [7, 11) is 0. The molecule has 1 aliphatic rings. The summed E-state index contributed by atoms with van der Waals surface area (Å²) in [6.45, 7) is 7.47. The number of nitrogens with zero attached hydrogens (tertiary/aromatic N) is 3. The van der Waals surface area contributed by atoms with Crippen LogP contribution in [0.25, 0.3) is 5.65 Å². The van der Waals surface area contributed by atoms with Crippen LogP contribution in [0.1, 0.15) is 27.2 Å². The van der Waals surface area contributed by atoms with E-state index in [0.717, 1.165) is 6.42 Å². The summed E-state index contributed by atoms with van der Waals surface area (Å²) < 4.78 is 7.01. The van der Waals surface area contributed by atoms with Gasteiger partial charge in [0.25, 0.3) is 0 Å². The second-order valence-corrected chi connectivity index (χ2v) is 7.39. The molecule has 25 heavy (non-hydrogen) atoms. The van der Waals surface area contributed by atoms with Gasteiger partial charge in [-0.1, -0.05) is 26.8 Å². The largest absolute Gasteiger partial charge is 0.377 e. The predicted molar refractivity (Wildman–Crippen MR) is 93.9 cm³/mol. The van der Waals surface area contributed by atoms with Crippen molar-refractivity contribution in [2.45, 2.75) is 33.3 Å². The average Bonchev–Trinajstić information content (AvgIpc) is 3.01. The van der Waals surface area contributed by atoms with Gasteiger partial charge in [0, 0.05) is 25.3 Å². The Balaban J connectivity index is 1.92. The highest BCUT2D eigenvalue weighted by molar-refractivity contribution is 5.59. The van der Waals surface area contributed by atoms with Crippen molar-refractivity contribution in [2.24, 2.45) is 11.3 Å². The lowest BCUT2D eigenvalue weighted by molar-refractivity contribution is -0.385. The molecular formula is C17H22N4O4. The van der Waals surface area contributed by atoms with Gasteiger partial charge in [-0.25, -0.2) is 4.98 Å². The molecule has 0 aliphatic carbocycles. The molecule has 8 heteroatoms. The number of hydrogen-bond donors (Lipinski definition) is 1. The molecule has 1 aliphatic heterocycles. The standard InChI is InChI=1S/C17H22N4O4/c1-17(2,3)14-11(7-9-25-14)10-18-15-13(21(23)24)16(22)20-8-5-4-6-12(20)19-15/h4-6,8,11,14,18H,7,9-10H2,1-3H3/t11-,14+/m0/s1. The molecule has 0 radical (unpaired) electrons. The van der Waals surface area contributed by atoms with Crippen molar-refractivity contribution in [3.05, 3.63) is 44.9 Å². The molecule has 0 aromatic carbocycles. The summed E-state index contributed by atoms with van der Waals surface area (Å²) >= 11 is 0. The van der Waals surface area contributed by atoms with Crippen molar-refractivity contribution in [1.82, 2.24) is 9.38 Å². The van der Waals surface area contributed by atoms with Crippen LogP contribution in [0.4, 0.5) is 11.5 Å². The number of anilines is 1. The van der Waals surface area contributed by atoms with Crippen molar-refractivity contribution in [1.29, 1.82) is 0 Å². The minimum atomic E-state index is -0.687. The molecule has 1 fully saturated rings. The number of fused-ring (bicyclic) bond motifs is 1. The first-order valence-electron chi connectivity index (χ1n) is 8.30. The topological polar surface area (TPSA) is 98.8 Å². The summed E-state index contributed by atoms with van der Waals surface area (Å²) in [5.74, 6) is 0.219. The zero-order chi connectivity index (χ0) is 18.2. The molecule has 0 bridgehead atoms. The number of pyridine rings is 1. The lowest BCUT2D eigenvalue weighted by atomic mass is 9.81. The number of nitro groups is 1. The SMILES string of the molecule is CC(C)(C)[C@@H]1OCC[C@H]1CNc1nc2ccccn2c(=O)c1[N+](=O)[O-]. The fraction of sp³-hybridized carbons (Fsp3) is 0.529. The van der Waals surface area contributed by atoms with Crippen LogP contribution in [0, 0.1) is 21.4 Å². The van der Waals surface area contributed by atoms with Crippen molar-refractivity contribution < 1.29 is 9.66 Å². The van der Waals surface area contributed by atoms with Gasteiger partial charge in [0.1, 0.15) is 5.65 Å². The highest BCUT2D eigenvalue weighted by Crippen LogP contribution is 2.35. The first-order valence-corrected chi connectivity index (χ1v) is 8.30. The molecule has 134 valence electrons. The molecule has 2 aromatic rings. The van der Waals surface area contributed by atoms with Gasteiger partial charge < -0.3 is 10.1 Å². The molecule has 0 spiro atoms. The van der Waals surface area contributed by atoms with Gasteiger partial charge in [0.15, 0.2) is 0 Å². The van der Waals surface area contributed by atoms with Crippen molar-refractivity contribution in [3.8, 4) is 0 Å². The molecule has 0 unspecified atom stereocenters. The molecule has 2 atom stereocenters. The Bertz CT molecular complexity index is 856. The van der Waals surface area contributed by atoms with Crippen LogP contribution < -0.4 is 10.9 Å². The number of nitrogens with one attached hydrogen (secondary N) is 1. The van der Waals surface area contributed by atoms with Crippen molar-refractivity contribution in [3.63, 3.8) is 0 Å². The van der Waals surface area contributed by atoms with E-state index in [2.05, 4.69) is 31.1 Å². The third-order valence-electron chi connectivity index (χ3n) is 4.49. The van der Waals surface area contributed by atoms with E-state index in [1.807, 2.05) is 0 Å². The van der Waals surface area contributed by atoms with Gasteiger partial charge in [-0.05, 0) is 24.0 Å². The van der Waals surface area contributed by atoms with Crippen LogP contribution in [0.3, 0.4) is 0 Å². The molecule has 2 aromatic heterocycles. The first-order chi connectivity index (χ1) is 11.8. The van der Waals surface area contributed by atoms with E-state index in [1.54, 1.807) is 18.2 Å². The Hall–Kier alpha value is -2.48. The zero-order valence-electron chi connectivity index (χ0n) is 14.6. The van der Waals surface area contributed by atoms with Crippen molar-refractivity contribution >= 4 is 17.2 Å². The quantitative estimate of drug-likeness (QED) is 0.674. The van der Waals surface area contributed by atoms with E-state index in [4.69, 9.17) is 4.74 Å². The van der Waals surface area contributed by atoms with Crippen LogP contribution >= 0.6 is 0 Å². The maximum absolute atomic E-state index is 12.4. The van der Waals surface area contributed by atoms with Crippen LogP contribution in [0.5, 0.6) is 0 Å². The minimum Gasteiger partial charge on any atom is -0.377 e. The number of hydrogen-bond acceptors (Lipinski definition) is 6. The van der Waals surface area contributed by atoms with E-state index in [9.17, 15) is 14.9 Å². The van der Waals surface area contributed by atoms with Gasteiger partial charge in [0.05, 0.1) is 11.0 Å². The third-order valence-corrected chi connectivity index (χ3v) is 4.49. The Morgan fingerprint density at radius 1 is 1.44 bits per heavy atom. The van der Waals surface area contributed by atoms with Crippen LogP contribution in [0.15, 0.2) is 29.2 Å². The molecule has 0 saturated carbocycles. The van der Waals surface area contributed by atoms with E-state index in [-0.39, 0.29) is 23.3 Å². The summed E-state index contributed by atoms with van der Waals surface area (Å²) in [6.07, 6.45) is 2.40. The maximum Gasteiger partial charge on any atom is 0.376 e. The molecule has 1 N–H and O–H groups in total. The fourth-order valence-electron chi connectivity index (χ4n) is 3.40. The first kappa shape index (κ1) is 17.3. The highest BCUT2D eigenvalue weighted by Gasteiger charge is 2.37. The second-order valence-electron chi connectivity index (χ2n) is 7.39. The lowest BCUT2D eigenvalue weighted by Gasteiger charge is -2.31. The normalized spacial score (nSPS) is 20.8. The van der Waals surface area contributed by atoms with Crippen molar-refractivity contribution in [2.75, 3.05) is 18.5 Å². The molecule has 1 saturated heterocycles. The third kappa shape index (κ3) is 3.34. The van der Waals surface area contributed by atoms with Gasteiger partial charge in [0.2, 0.25) is 5.82 Å². The number of ether oxygens (including phenoxy) is 1. The fourth-order valence-corrected chi connectivity index (χ4v) is 3.40. The number of aromatic nitrogens is 2. The van der Waals surface area contributed by atoms with Gasteiger partial charge >= 0.3 is 11.2 Å². The Morgan fingerprint density at radius 2 is 2.20 bits per heavy atom. The Morgan fingerprint density at radius 3 is 2.88 bits per heavy atom. The molecule has 3 rings (SSSR count). The van der Waals surface area contributed by atoms with Crippen LogP contribution in [-0.2, 0) is 4.74 Å². The highest BCUT2D eigenvalue weighted by atomic mass is 16.6. The predicted octanol–water partition coefficient (Wildman–Crippen LogP) is 2.47.